The molecule has 39 heavy (non-hydrogen) atoms. The number of hydrogen-bond donors (Lipinski definition) is 1. The molecule has 0 spiro atoms. The zero-order valence-corrected chi connectivity index (χ0v) is 23.4. The van der Waals surface area contributed by atoms with Gasteiger partial charge in [-0.2, -0.15) is 13.2 Å². The number of amides is 1. The molecule has 2 heterocycles. The number of alkyl halides is 3. The highest BCUT2D eigenvalue weighted by atomic mass is 35.5. The van der Waals surface area contributed by atoms with E-state index >= 15 is 0 Å². The van der Waals surface area contributed by atoms with E-state index in [1.165, 1.54) is 46.2 Å². The molecule has 13 heteroatoms. The molecule has 5 rings (SSSR count). The second-order valence-electron chi connectivity index (χ2n) is 9.70. The van der Waals surface area contributed by atoms with Gasteiger partial charge < -0.3 is 14.9 Å². The molecule has 7 nitrogen and oxygen atoms in total. The van der Waals surface area contributed by atoms with Crippen LogP contribution < -0.4 is 4.90 Å². The van der Waals surface area contributed by atoms with Crippen LogP contribution in [0.1, 0.15) is 43.4 Å². The monoisotopic (exact) mass is 603 g/mol. The maximum atomic E-state index is 14.6. The molecule has 2 aliphatic rings. The topological polar surface area (TPSA) is 74.5 Å². The second-order valence-corrected chi connectivity index (χ2v) is 10.5. The van der Waals surface area contributed by atoms with Gasteiger partial charge in [-0.1, -0.05) is 48.3 Å². The van der Waals surface area contributed by atoms with E-state index in [-0.39, 0.29) is 51.9 Å². The molecule has 1 aromatic heterocycles. The fourth-order valence-corrected chi connectivity index (χ4v) is 6.22. The summed E-state index contributed by atoms with van der Waals surface area (Å²) in [6, 6.07) is 6.61. The van der Waals surface area contributed by atoms with Gasteiger partial charge in [0.05, 0.1) is 29.3 Å². The zero-order valence-electron chi connectivity index (χ0n) is 21.1. The molecule has 1 atom stereocenters. The Labute approximate surface area is 239 Å². The van der Waals surface area contributed by atoms with Crippen LogP contribution >= 0.6 is 35.6 Å². The first-order chi connectivity index (χ1) is 18.0. The van der Waals surface area contributed by atoms with E-state index < -0.39 is 28.8 Å². The number of anilines is 1. The van der Waals surface area contributed by atoms with Gasteiger partial charge in [-0.3, -0.25) is 4.79 Å². The number of carbonyl (C=O) groups is 1. The lowest BCUT2D eigenvalue weighted by atomic mass is 9.78. The molecule has 1 N–H and O–H groups in total. The maximum Gasteiger partial charge on any atom is 0.416 e. The van der Waals surface area contributed by atoms with Crippen molar-refractivity contribution in [1.29, 1.82) is 0 Å². The van der Waals surface area contributed by atoms with Crippen molar-refractivity contribution < 1.29 is 23.1 Å². The van der Waals surface area contributed by atoms with Gasteiger partial charge in [0.15, 0.2) is 5.60 Å². The minimum Gasteiger partial charge on any atom is -0.372 e. The number of fused-ring (bicyclic) bond motifs is 1. The summed E-state index contributed by atoms with van der Waals surface area (Å²) in [5, 5.41) is 19.6. The van der Waals surface area contributed by atoms with Gasteiger partial charge in [0, 0.05) is 33.8 Å². The number of halogens is 6. The Hall–Kier alpha value is -2.37. The van der Waals surface area contributed by atoms with E-state index in [9.17, 15) is 23.1 Å². The second kappa shape index (κ2) is 10.9. The van der Waals surface area contributed by atoms with Crippen LogP contribution in [0, 0.1) is 5.92 Å². The van der Waals surface area contributed by atoms with E-state index in [1.807, 2.05) is 0 Å². The van der Waals surface area contributed by atoms with Gasteiger partial charge in [-0.05, 0) is 56.1 Å². The number of nitrogens with zero attached hydrogens (tertiary/aromatic N) is 5. The third kappa shape index (κ3) is 5.02. The first-order valence-electron chi connectivity index (χ1n) is 12.3. The number of hydrogen-bond acceptors (Lipinski definition) is 5. The highest BCUT2D eigenvalue weighted by Gasteiger charge is 2.57. The zero-order chi connectivity index (χ0) is 27.4. The average Bonchev–Trinajstić information content (AvgIpc) is 3.44. The number of aliphatic hydroxyl groups is 1. The van der Waals surface area contributed by atoms with Crippen LogP contribution in [-0.4, -0.2) is 56.6 Å². The Kier molecular flexibility index (Phi) is 8.27. The molecule has 210 valence electrons. The molecule has 1 saturated carbocycles. The van der Waals surface area contributed by atoms with E-state index in [1.54, 1.807) is 0 Å². The van der Waals surface area contributed by atoms with Crippen molar-refractivity contribution >= 4 is 47.2 Å². The lowest BCUT2D eigenvalue weighted by Crippen LogP contribution is -2.50. The summed E-state index contributed by atoms with van der Waals surface area (Å²) in [7, 11) is 0. The molecule has 0 radical (unpaired) electrons. The molecule has 0 bridgehead atoms. The van der Waals surface area contributed by atoms with Crippen LogP contribution in [0.25, 0.3) is 5.69 Å². The third-order valence-corrected chi connectivity index (χ3v) is 8.15. The van der Waals surface area contributed by atoms with Crippen molar-refractivity contribution in [2.45, 2.75) is 44.5 Å². The molecule has 1 fully saturated rings. The molecule has 3 aromatic rings. The predicted molar refractivity (Wildman–Crippen MR) is 145 cm³/mol. The summed E-state index contributed by atoms with van der Waals surface area (Å²) in [6.07, 6.45) is -0.541. The fourth-order valence-electron chi connectivity index (χ4n) is 5.68. The molecule has 0 saturated heterocycles. The summed E-state index contributed by atoms with van der Waals surface area (Å²) in [5.74, 6) is -0.825. The highest BCUT2D eigenvalue weighted by Crippen LogP contribution is 2.53. The summed E-state index contributed by atoms with van der Waals surface area (Å²) in [6.45, 7) is 6.11. The van der Waals surface area contributed by atoms with Crippen LogP contribution in [-0.2, 0) is 16.6 Å². The van der Waals surface area contributed by atoms with Gasteiger partial charge in [0.1, 0.15) is 0 Å². The lowest BCUT2D eigenvalue weighted by molar-refractivity contribution is -0.142. The lowest BCUT2D eigenvalue weighted by Gasteiger charge is -2.43. The van der Waals surface area contributed by atoms with Crippen molar-refractivity contribution in [3.05, 3.63) is 69.5 Å². The van der Waals surface area contributed by atoms with E-state index in [0.29, 0.717) is 6.04 Å². The van der Waals surface area contributed by atoms with Crippen molar-refractivity contribution in [3.8, 4) is 5.69 Å². The van der Waals surface area contributed by atoms with Gasteiger partial charge in [0.2, 0.25) is 0 Å². The number of benzene rings is 2. The Morgan fingerprint density at radius 3 is 2.41 bits per heavy atom. The van der Waals surface area contributed by atoms with Crippen molar-refractivity contribution in [3.63, 3.8) is 0 Å². The predicted octanol–water partition coefficient (Wildman–Crippen LogP) is 5.72. The Balaban J connectivity index is 0.00000353. The molecule has 1 aliphatic heterocycles. The first-order valence-corrected chi connectivity index (χ1v) is 13.1. The number of aromatic nitrogens is 3. The van der Waals surface area contributed by atoms with Gasteiger partial charge in [-0.15, -0.1) is 17.5 Å². The summed E-state index contributed by atoms with van der Waals surface area (Å²) in [4.78, 5) is 17.6. The standard InChI is InChI=1S/C26H26Cl2F3N5O2.ClH/c1-3-34(4-2)17-9-15(10-17)14-35-22-13-18(36-8-7-32-33-36)12-20(26(29,30)31)23(22)25(38,24(35)37)19-6-5-16(27)11-21(19)28;/h5-8,11-13,15,17,38H,3-4,9-10,14H2,1-2H3;1H. The van der Waals surface area contributed by atoms with Crippen LogP contribution in [0.15, 0.2) is 42.7 Å². The molecule has 2 aromatic carbocycles. The normalized spacial score (nSPS) is 22.6. The quantitative estimate of drug-likeness (QED) is 0.374. The third-order valence-electron chi connectivity index (χ3n) is 7.60. The molecular formula is C26H27Cl3F3N5O2. The van der Waals surface area contributed by atoms with Gasteiger partial charge in [0.25, 0.3) is 5.91 Å². The Morgan fingerprint density at radius 2 is 1.85 bits per heavy atom. The van der Waals surface area contributed by atoms with E-state index in [0.717, 1.165) is 32.0 Å². The molecular weight excluding hydrogens is 578 g/mol. The smallest absolute Gasteiger partial charge is 0.372 e. The summed E-state index contributed by atoms with van der Waals surface area (Å²) in [5.41, 5.74) is -4.50. The van der Waals surface area contributed by atoms with Crippen LogP contribution in [0.2, 0.25) is 10.0 Å². The van der Waals surface area contributed by atoms with E-state index in [4.69, 9.17) is 23.2 Å². The minimum absolute atomic E-state index is 0. The SMILES string of the molecule is CCN(CC)C1CC(CN2C(=O)C(O)(c3ccc(Cl)cc3Cl)c3c2cc(-n2ccnn2)cc3C(F)(F)F)C1.Cl. The molecule has 1 amide bonds. The van der Waals surface area contributed by atoms with Gasteiger partial charge >= 0.3 is 6.18 Å². The van der Waals surface area contributed by atoms with Crippen molar-refractivity contribution in [2.75, 3.05) is 24.5 Å². The van der Waals surface area contributed by atoms with Crippen molar-refractivity contribution in [1.82, 2.24) is 19.9 Å². The van der Waals surface area contributed by atoms with Gasteiger partial charge in [-0.25, -0.2) is 4.68 Å². The molecule has 1 unspecified atom stereocenters. The summed E-state index contributed by atoms with van der Waals surface area (Å²) >= 11 is 12.4. The van der Waals surface area contributed by atoms with Crippen LogP contribution in [0.4, 0.5) is 18.9 Å². The Bertz CT molecular complexity index is 1360. The van der Waals surface area contributed by atoms with Crippen molar-refractivity contribution in [2.24, 2.45) is 5.92 Å². The maximum absolute atomic E-state index is 14.6. The average molecular weight is 605 g/mol. The fraction of sp³-hybridized carbons (Fsp3) is 0.423. The van der Waals surface area contributed by atoms with Crippen LogP contribution in [0.5, 0.6) is 0 Å². The van der Waals surface area contributed by atoms with E-state index in [2.05, 4.69) is 29.1 Å². The highest BCUT2D eigenvalue weighted by molar-refractivity contribution is 6.35. The minimum atomic E-state index is -4.89. The molecule has 1 aliphatic carbocycles. The first kappa shape index (κ1) is 29.6. The number of carbonyl (C=O) groups excluding carboxylic acids is 1. The Morgan fingerprint density at radius 1 is 1.15 bits per heavy atom. The number of rotatable bonds is 7. The summed E-state index contributed by atoms with van der Waals surface area (Å²) < 4.78 is 44.8. The largest absolute Gasteiger partial charge is 0.416 e. The van der Waals surface area contributed by atoms with Crippen LogP contribution in [0.3, 0.4) is 0 Å².